The van der Waals surface area contributed by atoms with Crippen molar-refractivity contribution in [2.45, 2.75) is 24.8 Å². The third-order valence-corrected chi connectivity index (χ3v) is 5.90. The number of nitrogens with zero attached hydrogens (tertiary/aromatic N) is 2. The van der Waals surface area contributed by atoms with Crippen LogP contribution < -0.4 is 5.32 Å². The van der Waals surface area contributed by atoms with Gasteiger partial charge in [-0.25, -0.2) is 4.39 Å². The number of amides is 1. The number of benzene rings is 2. The zero-order chi connectivity index (χ0) is 21.0. The number of carbonyl (C=O) groups is 1. The van der Waals surface area contributed by atoms with Gasteiger partial charge in [0.15, 0.2) is 0 Å². The van der Waals surface area contributed by atoms with Crippen molar-refractivity contribution in [3.05, 3.63) is 90.0 Å². The van der Waals surface area contributed by atoms with Gasteiger partial charge in [0.1, 0.15) is 11.2 Å². The number of carbonyl (C=O) groups excluding carboxylic acids is 1. The average molecular weight is 404 g/mol. The number of hydrogen-bond acceptors (Lipinski definition) is 3. The van der Waals surface area contributed by atoms with E-state index in [4.69, 9.17) is 0 Å². The molecule has 1 atom stereocenters. The van der Waals surface area contributed by atoms with E-state index < -0.39 is 5.41 Å². The van der Waals surface area contributed by atoms with Gasteiger partial charge in [0, 0.05) is 26.3 Å². The fourth-order valence-electron chi connectivity index (χ4n) is 4.42. The Morgan fingerprint density at radius 3 is 2.67 bits per heavy atom. The van der Waals surface area contributed by atoms with Crippen molar-refractivity contribution >= 4 is 5.91 Å². The minimum atomic E-state index is -0.636. The molecule has 1 fully saturated rings. The van der Waals surface area contributed by atoms with Crippen molar-refractivity contribution in [2.75, 3.05) is 20.1 Å². The van der Waals surface area contributed by atoms with Crippen molar-refractivity contribution in [1.82, 2.24) is 15.2 Å². The van der Waals surface area contributed by atoms with Crippen LogP contribution in [0, 0.1) is 5.82 Å². The topological polar surface area (TPSA) is 45.2 Å². The molecule has 4 nitrogen and oxygen atoms in total. The molecule has 5 heteroatoms. The van der Waals surface area contributed by atoms with E-state index in [1.54, 1.807) is 25.4 Å². The molecule has 3 aromatic rings. The second-order valence-electron chi connectivity index (χ2n) is 7.90. The molecule has 2 heterocycles. The maximum Gasteiger partial charge on any atom is 0.233 e. The third-order valence-electron chi connectivity index (χ3n) is 5.90. The summed E-state index contributed by atoms with van der Waals surface area (Å²) in [5, 5.41) is 2.86. The monoisotopic (exact) mass is 403 g/mol. The average Bonchev–Trinajstić information content (AvgIpc) is 2.80. The zero-order valence-electron chi connectivity index (χ0n) is 17.1. The van der Waals surface area contributed by atoms with E-state index in [0.29, 0.717) is 6.54 Å². The van der Waals surface area contributed by atoms with Crippen LogP contribution in [0.15, 0.2) is 72.9 Å². The molecule has 0 radical (unpaired) electrons. The van der Waals surface area contributed by atoms with Gasteiger partial charge in [-0.2, -0.15) is 0 Å². The Morgan fingerprint density at radius 1 is 1.10 bits per heavy atom. The molecule has 0 unspecified atom stereocenters. The predicted molar refractivity (Wildman–Crippen MR) is 116 cm³/mol. The number of piperidine rings is 1. The Balaban J connectivity index is 1.57. The normalized spacial score (nSPS) is 19.4. The largest absolute Gasteiger partial charge is 0.358 e. The van der Waals surface area contributed by atoms with Gasteiger partial charge in [0.2, 0.25) is 5.91 Å². The van der Waals surface area contributed by atoms with Crippen molar-refractivity contribution in [1.29, 1.82) is 0 Å². The fraction of sp³-hybridized carbons (Fsp3) is 0.280. The number of halogens is 1. The van der Waals surface area contributed by atoms with Crippen LogP contribution in [-0.2, 0) is 16.8 Å². The highest BCUT2D eigenvalue weighted by Gasteiger charge is 2.44. The molecule has 1 aliphatic heterocycles. The molecule has 154 valence electrons. The van der Waals surface area contributed by atoms with Crippen molar-refractivity contribution < 1.29 is 9.18 Å². The highest BCUT2D eigenvalue weighted by atomic mass is 19.1. The second kappa shape index (κ2) is 8.76. The van der Waals surface area contributed by atoms with E-state index in [-0.39, 0.29) is 11.7 Å². The predicted octanol–water partition coefficient (Wildman–Crippen LogP) is 4.17. The number of hydrogen-bond donors (Lipinski definition) is 1. The number of rotatable bonds is 5. The maximum atomic E-state index is 13.3. The van der Waals surface area contributed by atoms with E-state index >= 15 is 0 Å². The Bertz CT molecular complexity index is 1010. The molecule has 1 aliphatic rings. The lowest BCUT2D eigenvalue weighted by Crippen LogP contribution is -2.54. The van der Waals surface area contributed by atoms with Gasteiger partial charge in [-0.3, -0.25) is 14.7 Å². The summed E-state index contributed by atoms with van der Waals surface area (Å²) in [4.78, 5) is 19.8. The first kappa shape index (κ1) is 20.2. The summed E-state index contributed by atoms with van der Waals surface area (Å²) in [5.41, 5.74) is 3.42. The first-order valence-corrected chi connectivity index (χ1v) is 10.3. The van der Waals surface area contributed by atoms with Gasteiger partial charge < -0.3 is 5.32 Å². The molecule has 1 N–H and O–H groups in total. The van der Waals surface area contributed by atoms with Crippen LogP contribution in [0.5, 0.6) is 0 Å². The molecule has 0 saturated carbocycles. The van der Waals surface area contributed by atoms with E-state index in [1.807, 2.05) is 30.3 Å². The van der Waals surface area contributed by atoms with Gasteiger partial charge in [0.05, 0.1) is 5.69 Å². The van der Waals surface area contributed by atoms with E-state index in [0.717, 1.165) is 42.8 Å². The van der Waals surface area contributed by atoms with Crippen molar-refractivity contribution in [3.8, 4) is 11.1 Å². The van der Waals surface area contributed by atoms with Crippen LogP contribution in [0.4, 0.5) is 4.39 Å². The molecule has 1 saturated heterocycles. The number of likely N-dealkylation sites (N-methyl/N-ethyl adjacent to an activating group) is 1. The summed E-state index contributed by atoms with van der Waals surface area (Å²) < 4.78 is 13.3. The molecular formula is C25H26FN3O. The molecular weight excluding hydrogens is 377 g/mol. The molecule has 30 heavy (non-hydrogen) atoms. The van der Waals surface area contributed by atoms with Gasteiger partial charge in [0.25, 0.3) is 0 Å². The lowest BCUT2D eigenvalue weighted by Gasteiger charge is -2.41. The van der Waals surface area contributed by atoms with Crippen molar-refractivity contribution in [2.24, 2.45) is 0 Å². The Morgan fingerprint density at radius 2 is 1.93 bits per heavy atom. The first-order valence-electron chi connectivity index (χ1n) is 10.3. The van der Waals surface area contributed by atoms with Crippen LogP contribution in [-0.4, -0.2) is 35.9 Å². The van der Waals surface area contributed by atoms with Gasteiger partial charge in [-0.15, -0.1) is 0 Å². The Hall–Kier alpha value is -3.05. The second-order valence-corrected chi connectivity index (χ2v) is 7.90. The number of nitrogens with one attached hydrogen (secondary N) is 1. The molecule has 4 rings (SSSR count). The Labute approximate surface area is 176 Å². The van der Waals surface area contributed by atoms with E-state index in [2.05, 4.69) is 27.3 Å². The Kier molecular flexibility index (Phi) is 5.91. The van der Waals surface area contributed by atoms with Crippen molar-refractivity contribution in [3.63, 3.8) is 0 Å². The molecule has 2 aromatic carbocycles. The summed E-state index contributed by atoms with van der Waals surface area (Å²) in [6, 6.07) is 20.6. The molecule has 0 spiro atoms. The quantitative estimate of drug-likeness (QED) is 0.696. The summed E-state index contributed by atoms with van der Waals surface area (Å²) in [7, 11) is 1.69. The lowest BCUT2D eigenvalue weighted by molar-refractivity contribution is -0.128. The lowest BCUT2D eigenvalue weighted by atomic mass is 9.75. The maximum absolute atomic E-state index is 13.3. The minimum absolute atomic E-state index is 0.0194. The highest BCUT2D eigenvalue weighted by molar-refractivity contribution is 5.88. The summed E-state index contributed by atoms with van der Waals surface area (Å²) in [6.07, 6.45) is 3.47. The number of pyridine rings is 1. The number of aromatic nitrogens is 1. The van der Waals surface area contributed by atoms with Crippen LogP contribution in [0.3, 0.4) is 0 Å². The van der Waals surface area contributed by atoms with Crippen LogP contribution in [0.1, 0.15) is 24.1 Å². The fourth-order valence-corrected chi connectivity index (χ4v) is 4.42. The summed E-state index contributed by atoms with van der Waals surface area (Å²) >= 11 is 0. The molecule has 1 aromatic heterocycles. The van der Waals surface area contributed by atoms with E-state index in [1.165, 1.54) is 17.7 Å². The molecule has 1 amide bonds. The van der Waals surface area contributed by atoms with Gasteiger partial charge in [-0.1, -0.05) is 36.4 Å². The minimum Gasteiger partial charge on any atom is -0.358 e. The third kappa shape index (κ3) is 4.12. The van der Waals surface area contributed by atoms with E-state index in [9.17, 15) is 9.18 Å². The first-order chi connectivity index (χ1) is 14.6. The van der Waals surface area contributed by atoms with Crippen LogP contribution >= 0.6 is 0 Å². The SMILES string of the molecule is CNC(=O)[C@]1(c2ccccn2)CCCN(Cc2cccc(-c3ccc(F)cc3)c2)C1. The highest BCUT2D eigenvalue weighted by Crippen LogP contribution is 2.34. The number of likely N-dealkylation sites (tertiary alicyclic amines) is 1. The van der Waals surface area contributed by atoms with Gasteiger partial charge >= 0.3 is 0 Å². The summed E-state index contributed by atoms with van der Waals surface area (Å²) in [6.45, 7) is 2.32. The van der Waals surface area contributed by atoms with Crippen LogP contribution in [0.2, 0.25) is 0 Å². The smallest absolute Gasteiger partial charge is 0.233 e. The zero-order valence-corrected chi connectivity index (χ0v) is 17.1. The molecule has 0 aliphatic carbocycles. The summed E-state index contributed by atoms with van der Waals surface area (Å²) in [5.74, 6) is -0.214. The standard InChI is InChI=1S/C25H26FN3O/c1-27-24(30)25(23-8-2-3-14-28-23)13-5-15-29(18-25)17-19-6-4-7-21(16-19)20-9-11-22(26)12-10-20/h2-4,6-12,14,16H,5,13,15,17-18H2,1H3,(H,27,30)/t25-/m1/s1. The van der Waals surface area contributed by atoms with Crippen LogP contribution in [0.25, 0.3) is 11.1 Å². The van der Waals surface area contributed by atoms with Gasteiger partial charge in [-0.05, 0) is 66.4 Å². The molecule has 0 bridgehead atoms.